The van der Waals surface area contributed by atoms with Crippen LogP contribution >= 0.6 is 0 Å². The number of rotatable bonds is 6. The zero-order chi connectivity index (χ0) is 38.1. The monoisotopic (exact) mass is 729 g/mol. The highest BCUT2D eigenvalue weighted by Crippen LogP contribution is 2.51. The summed E-state index contributed by atoms with van der Waals surface area (Å²) in [6.07, 6.45) is 0. The highest BCUT2D eigenvalue weighted by atomic mass is 16.3. The molecule has 270 valence electrons. The molecular formula is C55H39NO. The fourth-order valence-corrected chi connectivity index (χ4v) is 9.22. The second kappa shape index (κ2) is 13.0. The number of furan rings is 1. The van der Waals surface area contributed by atoms with Gasteiger partial charge >= 0.3 is 0 Å². The highest BCUT2D eigenvalue weighted by molar-refractivity contribution is 6.20. The van der Waals surface area contributed by atoms with E-state index >= 15 is 0 Å². The Labute approximate surface area is 332 Å². The third-order valence-electron chi connectivity index (χ3n) is 12.1. The molecule has 1 aliphatic rings. The van der Waals surface area contributed by atoms with Crippen LogP contribution in [0.2, 0.25) is 0 Å². The van der Waals surface area contributed by atoms with Crippen molar-refractivity contribution in [2.24, 2.45) is 0 Å². The quantitative estimate of drug-likeness (QED) is 0.169. The largest absolute Gasteiger partial charge is 0.455 e. The van der Waals surface area contributed by atoms with Crippen LogP contribution in [0.25, 0.3) is 77.2 Å². The van der Waals surface area contributed by atoms with Crippen molar-refractivity contribution in [3.8, 4) is 44.5 Å². The number of hydrogen-bond acceptors (Lipinski definition) is 2. The highest BCUT2D eigenvalue weighted by Gasteiger charge is 2.35. The molecule has 9 aromatic carbocycles. The van der Waals surface area contributed by atoms with Crippen molar-refractivity contribution in [2.75, 3.05) is 4.90 Å². The summed E-state index contributed by atoms with van der Waals surface area (Å²) in [5.74, 6) is 0. The van der Waals surface area contributed by atoms with E-state index in [1.54, 1.807) is 0 Å². The van der Waals surface area contributed by atoms with E-state index in [1.807, 2.05) is 0 Å². The van der Waals surface area contributed by atoms with Gasteiger partial charge in [0.1, 0.15) is 11.2 Å². The molecule has 0 fully saturated rings. The van der Waals surface area contributed by atoms with E-state index in [0.717, 1.165) is 61.3 Å². The van der Waals surface area contributed by atoms with Crippen LogP contribution < -0.4 is 4.90 Å². The molecule has 11 rings (SSSR count). The molecule has 1 aliphatic carbocycles. The van der Waals surface area contributed by atoms with Gasteiger partial charge in [-0.1, -0.05) is 172 Å². The predicted octanol–water partition coefficient (Wildman–Crippen LogP) is 15.5. The zero-order valence-electron chi connectivity index (χ0n) is 31.9. The molecule has 0 radical (unpaired) electrons. The number of benzene rings is 9. The minimum absolute atomic E-state index is 0.105. The third kappa shape index (κ3) is 5.33. The molecule has 0 saturated carbocycles. The standard InChI is InChI=1S/C55H39NO/c1-55(2)50-23-12-11-20-46(50)47-33-32-43(35-51(47)55)56(41-28-24-37(25-29-41)36-14-5-3-6-15-36)42-30-26-38(27-31-42)45-21-13-22-48-49-34-40-18-9-10-19-44(40)52(54(49)57-53(45)48)39-16-7-4-8-17-39/h3-35H,1-2H3. The molecular weight excluding hydrogens is 691 g/mol. The number of fused-ring (bicyclic) bond motifs is 7. The molecule has 0 aliphatic heterocycles. The fourth-order valence-electron chi connectivity index (χ4n) is 9.22. The first-order valence-electron chi connectivity index (χ1n) is 19.8. The summed E-state index contributed by atoms with van der Waals surface area (Å²) in [5, 5.41) is 4.65. The van der Waals surface area contributed by atoms with Crippen LogP contribution in [0, 0.1) is 0 Å². The van der Waals surface area contributed by atoms with Gasteiger partial charge in [-0.15, -0.1) is 0 Å². The van der Waals surface area contributed by atoms with Crippen LogP contribution in [-0.2, 0) is 5.41 Å². The molecule has 0 unspecified atom stereocenters. The van der Waals surface area contributed by atoms with Gasteiger partial charge in [-0.25, -0.2) is 0 Å². The van der Waals surface area contributed by atoms with Crippen LogP contribution in [0.3, 0.4) is 0 Å². The topological polar surface area (TPSA) is 16.4 Å². The molecule has 2 heteroatoms. The van der Waals surface area contributed by atoms with Crippen LogP contribution in [0.15, 0.2) is 205 Å². The Morgan fingerprint density at radius 3 is 1.68 bits per heavy atom. The number of nitrogens with zero attached hydrogens (tertiary/aromatic N) is 1. The summed E-state index contributed by atoms with van der Waals surface area (Å²) < 4.78 is 6.97. The molecule has 0 amide bonds. The molecule has 57 heavy (non-hydrogen) atoms. The summed E-state index contributed by atoms with van der Waals surface area (Å²) in [5.41, 5.74) is 17.3. The van der Waals surface area contributed by atoms with Gasteiger partial charge in [0, 0.05) is 44.4 Å². The van der Waals surface area contributed by atoms with Crippen LogP contribution in [0.5, 0.6) is 0 Å². The second-order valence-electron chi connectivity index (χ2n) is 15.7. The molecule has 1 aromatic heterocycles. The average Bonchev–Trinajstić information content (AvgIpc) is 3.75. The third-order valence-corrected chi connectivity index (χ3v) is 12.1. The van der Waals surface area contributed by atoms with E-state index < -0.39 is 0 Å². The normalized spacial score (nSPS) is 12.9. The van der Waals surface area contributed by atoms with Crippen LogP contribution in [-0.4, -0.2) is 0 Å². The van der Waals surface area contributed by atoms with E-state index in [0.29, 0.717) is 0 Å². The maximum Gasteiger partial charge on any atom is 0.143 e. The fraction of sp³-hybridized carbons (Fsp3) is 0.0545. The molecule has 0 spiro atoms. The van der Waals surface area contributed by atoms with E-state index in [-0.39, 0.29) is 5.41 Å². The summed E-state index contributed by atoms with van der Waals surface area (Å²) in [7, 11) is 0. The smallest absolute Gasteiger partial charge is 0.143 e. The van der Waals surface area contributed by atoms with Crippen molar-refractivity contribution in [3.63, 3.8) is 0 Å². The SMILES string of the molecule is CC1(C)c2ccccc2-c2ccc(N(c3ccc(-c4ccccc4)cc3)c3ccc(-c4cccc5c4oc4c(-c6ccccc6)c6ccccc6cc45)cc3)cc21. The molecule has 10 aromatic rings. The first-order chi connectivity index (χ1) is 28.0. The number of anilines is 3. The van der Waals surface area contributed by atoms with Gasteiger partial charge in [0.05, 0.1) is 0 Å². The van der Waals surface area contributed by atoms with Gasteiger partial charge in [-0.05, 0) is 97.7 Å². The summed E-state index contributed by atoms with van der Waals surface area (Å²) in [6.45, 7) is 4.69. The first-order valence-corrected chi connectivity index (χ1v) is 19.8. The van der Waals surface area contributed by atoms with E-state index in [2.05, 4.69) is 219 Å². The van der Waals surface area contributed by atoms with Crippen LogP contribution in [0.1, 0.15) is 25.0 Å². The van der Waals surface area contributed by atoms with E-state index in [9.17, 15) is 0 Å². The number of para-hydroxylation sites is 1. The van der Waals surface area contributed by atoms with E-state index in [1.165, 1.54) is 44.2 Å². The Kier molecular flexibility index (Phi) is 7.55. The van der Waals surface area contributed by atoms with E-state index in [4.69, 9.17) is 4.42 Å². The summed E-state index contributed by atoms with van der Waals surface area (Å²) in [4.78, 5) is 2.39. The Morgan fingerprint density at radius 1 is 0.368 bits per heavy atom. The Hall–Kier alpha value is -7.16. The van der Waals surface area contributed by atoms with Crippen molar-refractivity contribution >= 4 is 49.8 Å². The Morgan fingerprint density at radius 2 is 0.930 bits per heavy atom. The summed E-state index contributed by atoms with van der Waals surface area (Å²) >= 11 is 0. The lowest BCUT2D eigenvalue weighted by atomic mass is 9.82. The van der Waals surface area contributed by atoms with Crippen LogP contribution in [0.4, 0.5) is 17.1 Å². The minimum atomic E-state index is -0.105. The zero-order valence-corrected chi connectivity index (χ0v) is 31.9. The summed E-state index contributed by atoms with van der Waals surface area (Å²) in [6, 6.07) is 72.4. The van der Waals surface area contributed by atoms with Gasteiger partial charge in [0.2, 0.25) is 0 Å². The molecule has 0 atom stereocenters. The van der Waals surface area contributed by atoms with Crippen molar-refractivity contribution in [2.45, 2.75) is 19.3 Å². The maximum atomic E-state index is 6.97. The van der Waals surface area contributed by atoms with Gasteiger partial charge in [0.15, 0.2) is 0 Å². The molecule has 0 saturated heterocycles. The molecule has 0 N–H and O–H groups in total. The van der Waals surface area contributed by atoms with Gasteiger partial charge in [0.25, 0.3) is 0 Å². The molecule has 1 heterocycles. The lowest BCUT2D eigenvalue weighted by molar-refractivity contribution is 0.660. The van der Waals surface area contributed by atoms with Gasteiger partial charge in [-0.2, -0.15) is 0 Å². The first kappa shape index (κ1) is 33.2. The second-order valence-corrected chi connectivity index (χ2v) is 15.7. The van der Waals surface area contributed by atoms with Gasteiger partial charge < -0.3 is 9.32 Å². The minimum Gasteiger partial charge on any atom is -0.455 e. The lowest BCUT2D eigenvalue weighted by Gasteiger charge is -2.28. The molecule has 2 nitrogen and oxygen atoms in total. The van der Waals surface area contributed by atoms with Crippen molar-refractivity contribution in [1.29, 1.82) is 0 Å². The van der Waals surface area contributed by atoms with Crippen molar-refractivity contribution in [3.05, 3.63) is 211 Å². The maximum absolute atomic E-state index is 6.97. The van der Waals surface area contributed by atoms with Gasteiger partial charge in [-0.3, -0.25) is 0 Å². The predicted molar refractivity (Wildman–Crippen MR) is 240 cm³/mol. The molecule has 0 bridgehead atoms. The van der Waals surface area contributed by atoms with Crippen molar-refractivity contribution in [1.82, 2.24) is 0 Å². The number of hydrogen-bond donors (Lipinski definition) is 0. The lowest BCUT2D eigenvalue weighted by Crippen LogP contribution is -2.16. The average molecular weight is 730 g/mol. The van der Waals surface area contributed by atoms with Crippen molar-refractivity contribution < 1.29 is 4.42 Å². The Bertz CT molecular complexity index is 3120. The Balaban J connectivity index is 1.04.